The fourth-order valence-corrected chi connectivity index (χ4v) is 11.5. The van der Waals surface area contributed by atoms with E-state index in [0.717, 1.165) is 61.5 Å². The molecular formula is C66H41N5. The Balaban J connectivity index is 0.894. The van der Waals surface area contributed by atoms with Crippen LogP contribution in [0.3, 0.4) is 0 Å². The molecule has 0 spiro atoms. The molecule has 11 aromatic carbocycles. The molecule has 15 aromatic rings. The summed E-state index contributed by atoms with van der Waals surface area (Å²) in [4.78, 5) is 12.4. The van der Waals surface area contributed by atoms with Crippen LogP contribution < -0.4 is 4.90 Å². The van der Waals surface area contributed by atoms with Crippen molar-refractivity contribution in [1.29, 1.82) is 0 Å². The SMILES string of the molecule is c1cnc2c(c1)ccc1ccc(-c3ccc4c5ccc(N(c6ccc(-n7c8ccccc8c8ccccc87)cc6)c6ccc(-n7c8ccccc8c8ccccc87)cc6)cc5c5ccccc5c4c3)nc12. The van der Waals surface area contributed by atoms with Crippen LogP contribution in [0.4, 0.5) is 17.1 Å². The van der Waals surface area contributed by atoms with Crippen LogP contribution in [0.15, 0.2) is 249 Å². The van der Waals surface area contributed by atoms with Crippen LogP contribution in [0.2, 0.25) is 0 Å². The lowest BCUT2D eigenvalue weighted by Crippen LogP contribution is -2.10. The van der Waals surface area contributed by atoms with E-state index < -0.39 is 0 Å². The minimum absolute atomic E-state index is 0.920. The smallest absolute Gasteiger partial charge is 0.0972 e. The van der Waals surface area contributed by atoms with Gasteiger partial charge in [0, 0.05) is 72.5 Å². The molecule has 0 amide bonds. The van der Waals surface area contributed by atoms with Gasteiger partial charge in [-0.15, -0.1) is 0 Å². The van der Waals surface area contributed by atoms with Crippen LogP contribution in [-0.4, -0.2) is 19.1 Å². The standard InChI is InChI=1S/C66H41N5/c1-2-14-51-50(13-1)58-40-44(60-38-26-43-24-23-42-12-11-39-67-65(42)66(43)68-60)25-36-52(58)53-37-35-49(41-59(51)53)69(45-27-31-47(32-28-45)70-61-19-7-3-15-54(61)55-16-4-8-20-62(55)70)46-29-33-48(34-30-46)71-63-21-9-5-17-56(63)57-18-6-10-22-64(57)71/h1-41H. The maximum absolute atomic E-state index is 5.23. The van der Waals surface area contributed by atoms with Gasteiger partial charge in [0.15, 0.2) is 0 Å². The largest absolute Gasteiger partial charge is 0.310 e. The minimum atomic E-state index is 0.920. The molecule has 0 aliphatic heterocycles. The normalized spacial score (nSPS) is 11.9. The number of benzene rings is 11. The van der Waals surface area contributed by atoms with E-state index in [1.54, 1.807) is 0 Å². The van der Waals surface area contributed by atoms with Crippen LogP contribution in [0.5, 0.6) is 0 Å². The Bertz CT molecular complexity index is 4360. The Morgan fingerprint density at radius 1 is 0.296 bits per heavy atom. The Hall–Kier alpha value is -9.58. The molecule has 0 N–H and O–H groups in total. The Kier molecular flexibility index (Phi) is 8.59. The van der Waals surface area contributed by atoms with Gasteiger partial charge in [-0.1, -0.05) is 140 Å². The number of hydrogen-bond donors (Lipinski definition) is 0. The number of aromatic nitrogens is 4. The Morgan fingerprint density at radius 2 is 0.718 bits per heavy atom. The molecule has 330 valence electrons. The lowest BCUT2D eigenvalue weighted by atomic mass is 9.92. The highest BCUT2D eigenvalue weighted by atomic mass is 15.1. The summed E-state index contributed by atoms with van der Waals surface area (Å²) in [5.41, 5.74) is 14.1. The fourth-order valence-electron chi connectivity index (χ4n) is 11.5. The van der Waals surface area contributed by atoms with Gasteiger partial charge in [-0.3, -0.25) is 4.98 Å². The lowest BCUT2D eigenvalue weighted by molar-refractivity contribution is 1.17. The topological polar surface area (TPSA) is 38.9 Å². The van der Waals surface area contributed by atoms with Gasteiger partial charge in [-0.05, 0) is 135 Å². The molecule has 0 radical (unpaired) electrons. The summed E-state index contributed by atoms with van der Waals surface area (Å²) >= 11 is 0. The van der Waals surface area contributed by atoms with Gasteiger partial charge in [-0.2, -0.15) is 0 Å². The monoisotopic (exact) mass is 903 g/mol. The lowest BCUT2D eigenvalue weighted by Gasteiger charge is -2.27. The molecule has 4 heterocycles. The summed E-state index contributed by atoms with van der Waals surface area (Å²) in [5, 5.41) is 14.4. The molecule has 0 fully saturated rings. The average molecular weight is 904 g/mol. The third-order valence-corrected chi connectivity index (χ3v) is 14.7. The zero-order valence-corrected chi connectivity index (χ0v) is 38.4. The first kappa shape index (κ1) is 39.4. The highest BCUT2D eigenvalue weighted by Crippen LogP contribution is 2.43. The number of pyridine rings is 2. The average Bonchev–Trinajstić information content (AvgIpc) is 3.96. The number of nitrogens with zero attached hydrogens (tertiary/aromatic N) is 5. The van der Waals surface area contributed by atoms with E-state index >= 15 is 0 Å². The van der Waals surface area contributed by atoms with Gasteiger partial charge in [0.25, 0.3) is 0 Å². The predicted molar refractivity (Wildman–Crippen MR) is 298 cm³/mol. The maximum atomic E-state index is 5.23. The van der Waals surface area contributed by atoms with Crippen molar-refractivity contribution in [2.45, 2.75) is 0 Å². The highest BCUT2D eigenvalue weighted by molar-refractivity contribution is 6.26. The molecule has 0 unspecified atom stereocenters. The third kappa shape index (κ3) is 6.06. The van der Waals surface area contributed by atoms with Crippen molar-refractivity contribution in [2.24, 2.45) is 0 Å². The number of anilines is 3. The van der Waals surface area contributed by atoms with E-state index in [1.165, 1.54) is 75.9 Å². The molecule has 0 atom stereocenters. The first-order chi connectivity index (χ1) is 35.2. The third-order valence-electron chi connectivity index (χ3n) is 14.7. The predicted octanol–water partition coefficient (Wildman–Crippen LogP) is 17.6. The zero-order valence-electron chi connectivity index (χ0n) is 38.4. The van der Waals surface area contributed by atoms with Gasteiger partial charge in [0.2, 0.25) is 0 Å². The van der Waals surface area contributed by atoms with E-state index in [-0.39, 0.29) is 0 Å². The van der Waals surface area contributed by atoms with E-state index in [1.807, 2.05) is 12.3 Å². The van der Waals surface area contributed by atoms with Crippen LogP contribution >= 0.6 is 0 Å². The van der Waals surface area contributed by atoms with Crippen molar-refractivity contribution in [3.05, 3.63) is 249 Å². The molecule has 0 aliphatic carbocycles. The number of fused-ring (bicyclic) bond motifs is 15. The molecule has 71 heavy (non-hydrogen) atoms. The van der Waals surface area contributed by atoms with Crippen molar-refractivity contribution in [1.82, 2.24) is 19.1 Å². The van der Waals surface area contributed by atoms with E-state index in [4.69, 9.17) is 9.97 Å². The number of para-hydroxylation sites is 4. The van der Waals surface area contributed by atoms with Crippen LogP contribution in [0.1, 0.15) is 0 Å². The Labute approximate surface area is 408 Å². The quantitative estimate of drug-likeness (QED) is 0.156. The molecule has 5 nitrogen and oxygen atoms in total. The van der Waals surface area contributed by atoms with Gasteiger partial charge < -0.3 is 14.0 Å². The van der Waals surface area contributed by atoms with Crippen LogP contribution in [0.25, 0.3) is 120 Å². The molecular weight excluding hydrogens is 863 g/mol. The van der Waals surface area contributed by atoms with Crippen LogP contribution in [-0.2, 0) is 0 Å². The summed E-state index contributed by atoms with van der Waals surface area (Å²) in [6.45, 7) is 0. The summed E-state index contributed by atoms with van der Waals surface area (Å²) in [6.07, 6.45) is 1.85. The summed E-state index contributed by atoms with van der Waals surface area (Å²) in [6, 6.07) is 88.2. The number of rotatable bonds is 6. The van der Waals surface area contributed by atoms with Crippen molar-refractivity contribution < 1.29 is 0 Å². The van der Waals surface area contributed by atoms with Gasteiger partial charge >= 0.3 is 0 Å². The summed E-state index contributed by atoms with van der Waals surface area (Å²) < 4.78 is 4.76. The van der Waals surface area contributed by atoms with Gasteiger partial charge in [0.1, 0.15) is 0 Å². The molecule has 0 saturated carbocycles. The highest BCUT2D eigenvalue weighted by Gasteiger charge is 2.19. The molecule has 15 rings (SSSR count). The molecule has 0 aliphatic rings. The first-order valence-electron chi connectivity index (χ1n) is 24.2. The van der Waals surface area contributed by atoms with Crippen molar-refractivity contribution in [3.8, 4) is 22.6 Å². The summed E-state index contributed by atoms with van der Waals surface area (Å²) in [5.74, 6) is 0. The number of hydrogen-bond acceptors (Lipinski definition) is 3. The fraction of sp³-hybridized carbons (Fsp3) is 0. The minimum Gasteiger partial charge on any atom is -0.310 e. The molecule has 0 saturated heterocycles. The van der Waals surface area contributed by atoms with Gasteiger partial charge in [0.05, 0.1) is 38.8 Å². The molecule has 5 heteroatoms. The van der Waals surface area contributed by atoms with E-state index in [2.05, 4.69) is 251 Å². The summed E-state index contributed by atoms with van der Waals surface area (Å²) in [7, 11) is 0. The van der Waals surface area contributed by atoms with E-state index in [0.29, 0.717) is 0 Å². The van der Waals surface area contributed by atoms with Crippen molar-refractivity contribution in [2.75, 3.05) is 4.90 Å². The molecule has 0 bridgehead atoms. The Morgan fingerprint density at radius 3 is 1.25 bits per heavy atom. The van der Waals surface area contributed by atoms with Crippen LogP contribution in [0, 0.1) is 0 Å². The first-order valence-corrected chi connectivity index (χ1v) is 24.2. The van der Waals surface area contributed by atoms with E-state index in [9.17, 15) is 0 Å². The second-order valence-electron chi connectivity index (χ2n) is 18.6. The second kappa shape index (κ2) is 15.5. The maximum Gasteiger partial charge on any atom is 0.0972 e. The van der Waals surface area contributed by atoms with Gasteiger partial charge in [-0.25, -0.2) is 4.98 Å². The van der Waals surface area contributed by atoms with Crippen molar-refractivity contribution in [3.63, 3.8) is 0 Å². The van der Waals surface area contributed by atoms with Crippen molar-refractivity contribution >= 4 is 115 Å². The second-order valence-corrected chi connectivity index (χ2v) is 18.6. The zero-order chi connectivity index (χ0) is 46.6. The molecule has 4 aromatic heterocycles.